The van der Waals surface area contributed by atoms with Crippen LogP contribution in [0, 0.1) is 0 Å². The van der Waals surface area contributed by atoms with Gasteiger partial charge in [0.1, 0.15) is 24.4 Å². The van der Waals surface area contributed by atoms with Crippen molar-refractivity contribution in [1.82, 2.24) is 0 Å². The molecule has 104 valence electrons. The molecule has 0 aliphatic carbocycles. The van der Waals surface area contributed by atoms with Gasteiger partial charge in [-0.25, -0.2) is 0 Å². The Morgan fingerprint density at radius 1 is 0.944 bits per heavy atom. The van der Waals surface area contributed by atoms with Crippen molar-refractivity contribution in [3.05, 3.63) is 0 Å². The van der Waals surface area contributed by atoms with E-state index >= 15 is 0 Å². The molecule has 3 fully saturated rings. The fourth-order valence-electron chi connectivity index (χ4n) is 2.70. The highest BCUT2D eigenvalue weighted by Gasteiger charge is 2.57. The molecule has 3 aliphatic rings. The Hall–Kier alpha value is -0.240. The van der Waals surface area contributed by atoms with Gasteiger partial charge in [-0.05, 0) is 27.7 Å². The fourth-order valence-corrected chi connectivity index (χ4v) is 2.70. The van der Waals surface area contributed by atoms with E-state index < -0.39 is 36.2 Å². The maximum atomic E-state index is 10.3. The van der Waals surface area contributed by atoms with Crippen LogP contribution in [0.1, 0.15) is 27.7 Å². The molecule has 18 heavy (non-hydrogen) atoms. The highest BCUT2D eigenvalue weighted by Crippen LogP contribution is 2.40. The summed E-state index contributed by atoms with van der Waals surface area (Å²) in [5.41, 5.74) is 0. The monoisotopic (exact) mass is 260 g/mol. The topological polar surface area (TPSA) is 66.4 Å². The lowest BCUT2D eigenvalue weighted by atomic mass is 10.1. The van der Waals surface area contributed by atoms with Crippen LogP contribution in [-0.4, -0.2) is 54.0 Å². The first kappa shape index (κ1) is 12.8. The van der Waals surface area contributed by atoms with Gasteiger partial charge in [-0.15, -0.1) is 0 Å². The zero-order chi connectivity index (χ0) is 13.1. The van der Waals surface area contributed by atoms with Crippen LogP contribution in [-0.2, 0) is 23.7 Å². The van der Waals surface area contributed by atoms with Crippen molar-refractivity contribution in [2.24, 2.45) is 0 Å². The van der Waals surface area contributed by atoms with E-state index in [0.29, 0.717) is 6.61 Å². The summed E-state index contributed by atoms with van der Waals surface area (Å²) in [5, 5.41) is 10.3. The van der Waals surface area contributed by atoms with Crippen LogP contribution in [0.3, 0.4) is 0 Å². The summed E-state index contributed by atoms with van der Waals surface area (Å²) in [6, 6.07) is 0. The van der Waals surface area contributed by atoms with Crippen LogP contribution in [0.2, 0.25) is 0 Å². The number of fused-ring (bicyclic) bond motifs is 1. The summed E-state index contributed by atoms with van der Waals surface area (Å²) in [6.07, 6.45) is -2.53. The van der Waals surface area contributed by atoms with Crippen molar-refractivity contribution >= 4 is 0 Å². The smallest absolute Gasteiger partial charge is 0.190 e. The maximum Gasteiger partial charge on any atom is 0.190 e. The van der Waals surface area contributed by atoms with Crippen LogP contribution >= 0.6 is 0 Å². The van der Waals surface area contributed by atoms with Crippen molar-refractivity contribution in [1.29, 1.82) is 0 Å². The predicted molar refractivity (Wildman–Crippen MR) is 59.6 cm³/mol. The molecular formula is C12H20O6. The van der Waals surface area contributed by atoms with E-state index in [9.17, 15) is 5.11 Å². The zero-order valence-corrected chi connectivity index (χ0v) is 11.1. The minimum Gasteiger partial charge on any atom is -0.387 e. The number of aliphatic hydroxyl groups is 1. The van der Waals surface area contributed by atoms with Crippen LogP contribution in [0.5, 0.6) is 0 Å². The summed E-state index contributed by atoms with van der Waals surface area (Å²) in [6.45, 7) is 7.68. The van der Waals surface area contributed by atoms with Gasteiger partial charge in [0.2, 0.25) is 0 Å². The number of hydrogen-bond acceptors (Lipinski definition) is 6. The predicted octanol–water partition coefficient (Wildman–Crippen LogP) is 0.375. The van der Waals surface area contributed by atoms with Crippen LogP contribution in [0.4, 0.5) is 0 Å². The molecule has 0 bridgehead atoms. The third kappa shape index (κ3) is 2.07. The molecule has 6 nitrogen and oxygen atoms in total. The third-order valence-electron chi connectivity index (χ3n) is 3.45. The number of hydrogen-bond donors (Lipinski definition) is 1. The van der Waals surface area contributed by atoms with Gasteiger partial charge in [-0.1, -0.05) is 0 Å². The molecule has 0 unspecified atom stereocenters. The van der Waals surface area contributed by atoms with E-state index in [1.54, 1.807) is 13.8 Å². The standard InChI is InChI=1S/C12H20O6/c1-11(2)14-5-6(16-11)8-7(13)9-10(15-8)18-12(3,4)17-9/h6-10,13H,5H2,1-4H3/t6-,7-,8-,9-,10-/m1/s1. The van der Waals surface area contributed by atoms with Gasteiger partial charge < -0.3 is 28.8 Å². The van der Waals surface area contributed by atoms with Crippen molar-refractivity contribution in [2.45, 2.75) is 70.0 Å². The minimum absolute atomic E-state index is 0.295. The fraction of sp³-hybridized carbons (Fsp3) is 1.00. The Labute approximate surface area is 106 Å². The third-order valence-corrected chi connectivity index (χ3v) is 3.45. The first-order chi connectivity index (χ1) is 8.27. The molecule has 6 heteroatoms. The molecule has 1 N–H and O–H groups in total. The number of rotatable bonds is 1. The second-order valence-electron chi connectivity index (χ2n) is 5.93. The van der Waals surface area contributed by atoms with Crippen LogP contribution in [0.25, 0.3) is 0 Å². The largest absolute Gasteiger partial charge is 0.387 e. The summed E-state index contributed by atoms with van der Waals surface area (Å²) < 4.78 is 28.1. The van der Waals surface area contributed by atoms with Gasteiger partial charge in [-0.2, -0.15) is 0 Å². The first-order valence-electron chi connectivity index (χ1n) is 6.28. The Kier molecular flexibility index (Phi) is 2.75. The SMILES string of the molecule is CC1(C)O[C@H]2O[C@H]([C@H]3COC(C)(C)O3)[C@@H](O)[C@H]2O1. The molecule has 0 aromatic carbocycles. The summed E-state index contributed by atoms with van der Waals surface area (Å²) in [7, 11) is 0. The lowest BCUT2D eigenvalue weighted by Crippen LogP contribution is -2.42. The van der Waals surface area contributed by atoms with Crippen molar-refractivity contribution in [3.8, 4) is 0 Å². The summed E-state index contributed by atoms with van der Waals surface area (Å²) >= 11 is 0. The van der Waals surface area contributed by atoms with Gasteiger partial charge in [0.15, 0.2) is 17.9 Å². The first-order valence-corrected chi connectivity index (χ1v) is 6.28. The van der Waals surface area contributed by atoms with Crippen LogP contribution in [0.15, 0.2) is 0 Å². The lowest BCUT2D eigenvalue weighted by Gasteiger charge is -2.26. The Balaban J connectivity index is 1.68. The molecule has 3 aliphatic heterocycles. The molecule has 3 rings (SSSR count). The maximum absolute atomic E-state index is 10.3. The molecular weight excluding hydrogens is 240 g/mol. The molecule has 0 spiro atoms. The lowest BCUT2D eigenvalue weighted by molar-refractivity contribution is -0.232. The zero-order valence-electron chi connectivity index (χ0n) is 11.1. The van der Waals surface area contributed by atoms with E-state index in [4.69, 9.17) is 23.7 Å². The molecule has 5 atom stereocenters. The van der Waals surface area contributed by atoms with Gasteiger partial charge in [0.05, 0.1) is 6.61 Å². The van der Waals surface area contributed by atoms with Crippen molar-refractivity contribution in [3.63, 3.8) is 0 Å². The highest BCUT2D eigenvalue weighted by atomic mass is 16.8. The van der Waals surface area contributed by atoms with E-state index in [-0.39, 0.29) is 6.10 Å². The normalized spacial score (nSPS) is 49.5. The highest BCUT2D eigenvalue weighted by molar-refractivity contribution is 4.97. The average Bonchev–Trinajstić information content (AvgIpc) is 2.81. The second kappa shape index (κ2) is 3.88. The molecule has 0 amide bonds. The van der Waals surface area contributed by atoms with E-state index in [1.807, 2.05) is 13.8 Å². The number of ether oxygens (including phenoxy) is 5. The molecule has 0 radical (unpaired) electrons. The second-order valence-corrected chi connectivity index (χ2v) is 5.93. The molecule has 0 saturated carbocycles. The minimum atomic E-state index is -0.765. The molecule has 3 saturated heterocycles. The number of aliphatic hydroxyl groups excluding tert-OH is 1. The van der Waals surface area contributed by atoms with E-state index in [0.717, 1.165) is 0 Å². The Bertz CT molecular complexity index is 341. The Morgan fingerprint density at radius 3 is 2.22 bits per heavy atom. The van der Waals surface area contributed by atoms with Crippen molar-refractivity contribution in [2.75, 3.05) is 6.61 Å². The van der Waals surface area contributed by atoms with Crippen molar-refractivity contribution < 1.29 is 28.8 Å². The van der Waals surface area contributed by atoms with Crippen LogP contribution < -0.4 is 0 Å². The van der Waals surface area contributed by atoms with E-state index in [1.165, 1.54) is 0 Å². The van der Waals surface area contributed by atoms with Gasteiger partial charge >= 0.3 is 0 Å². The molecule has 3 heterocycles. The van der Waals surface area contributed by atoms with Gasteiger partial charge in [-0.3, -0.25) is 0 Å². The van der Waals surface area contributed by atoms with Gasteiger partial charge in [0.25, 0.3) is 0 Å². The molecule has 0 aromatic heterocycles. The van der Waals surface area contributed by atoms with E-state index in [2.05, 4.69) is 0 Å². The molecule has 0 aromatic rings. The van der Waals surface area contributed by atoms with Gasteiger partial charge in [0, 0.05) is 0 Å². The Morgan fingerprint density at radius 2 is 1.67 bits per heavy atom. The average molecular weight is 260 g/mol. The summed E-state index contributed by atoms with van der Waals surface area (Å²) in [5.74, 6) is -1.35. The summed E-state index contributed by atoms with van der Waals surface area (Å²) in [4.78, 5) is 0. The quantitative estimate of drug-likeness (QED) is 0.735.